The Labute approximate surface area is 122 Å². The summed E-state index contributed by atoms with van der Waals surface area (Å²) >= 11 is 0. The van der Waals surface area contributed by atoms with Crippen LogP contribution in [0.2, 0.25) is 0 Å². The van der Waals surface area contributed by atoms with Crippen LogP contribution in [0.4, 0.5) is 0 Å². The molecule has 0 aliphatic heterocycles. The molecule has 0 saturated heterocycles. The Bertz CT molecular complexity index is 521. The number of aliphatic hydroxyl groups is 1. The van der Waals surface area contributed by atoms with Crippen LogP contribution >= 0.6 is 0 Å². The number of aromatic hydroxyl groups is 1. The smallest absolute Gasteiger partial charge is 0.310 e. The van der Waals surface area contributed by atoms with Gasteiger partial charge in [-0.3, -0.25) is 9.59 Å². The normalized spacial score (nSPS) is 17.0. The first-order chi connectivity index (χ1) is 9.95. The minimum atomic E-state index is -0.934. The number of aliphatic hydroxyl groups excluding tert-OH is 1. The number of carbonyl (C=O) groups is 2. The molecule has 1 aromatic rings. The van der Waals surface area contributed by atoms with Gasteiger partial charge in [0.15, 0.2) is 0 Å². The zero-order chi connectivity index (χ0) is 15.5. The van der Waals surface area contributed by atoms with Crippen LogP contribution in [-0.4, -0.2) is 39.8 Å². The van der Waals surface area contributed by atoms with E-state index < -0.39 is 17.4 Å². The Morgan fingerprint density at radius 3 is 2.33 bits per heavy atom. The summed E-state index contributed by atoms with van der Waals surface area (Å²) in [7, 11) is 0. The lowest BCUT2D eigenvalue weighted by Gasteiger charge is -2.18. The summed E-state index contributed by atoms with van der Waals surface area (Å²) in [5, 5.41) is 30.3. The van der Waals surface area contributed by atoms with Gasteiger partial charge in [0.05, 0.1) is 18.1 Å². The Hall–Kier alpha value is -2.08. The molecule has 1 aliphatic carbocycles. The van der Waals surface area contributed by atoms with Gasteiger partial charge in [0.25, 0.3) is 0 Å². The number of phenols is 1. The van der Waals surface area contributed by atoms with Gasteiger partial charge in [0.2, 0.25) is 5.91 Å². The number of carbonyl (C=O) groups excluding carboxylic acids is 1. The third-order valence-corrected chi connectivity index (χ3v) is 3.81. The topological polar surface area (TPSA) is 107 Å². The first kappa shape index (κ1) is 15.3. The third kappa shape index (κ3) is 3.95. The van der Waals surface area contributed by atoms with E-state index in [1.165, 1.54) is 12.1 Å². The van der Waals surface area contributed by atoms with E-state index in [-0.39, 0.29) is 24.7 Å². The Morgan fingerprint density at radius 1 is 1.24 bits per heavy atom. The van der Waals surface area contributed by atoms with E-state index in [4.69, 9.17) is 5.11 Å². The molecule has 1 amide bonds. The second kappa shape index (κ2) is 6.13. The number of benzene rings is 1. The van der Waals surface area contributed by atoms with E-state index in [0.29, 0.717) is 19.3 Å². The van der Waals surface area contributed by atoms with Gasteiger partial charge in [0.1, 0.15) is 5.75 Å². The van der Waals surface area contributed by atoms with Crippen LogP contribution < -0.4 is 5.32 Å². The summed E-state index contributed by atoms with van der Waals surface area (Å²) in [6.07, 6.45) is 1.42. The molecule has 0 radical (unpaired) electrons. The first-order valence-corrected chi connectivity index (χ1v) is 6.87. The molecule has 1 fully saturated rings. The molecular weight excluding hydrogens is 274 g/mol. The number of nitrogens with one attached hydrogen (secondary N) is 1. The fourth-order valence-corrected chi connectivity index (χ4v) is 2.28. The molecule has 0 unspecified atom stereocenters. The summed E-state index contributed by atoms with van der Waals surface area (Å²) in [5.41, 5.74) is -0.0330. The average Bonchev–Trinajstić information content (AvgIpc) is 3.21. The van der Waals surface area contributed by atoms with E-state index >= 15 is 0 Å². The van der Waals surface area contributed by atoms with Crippen molar-refractivity contribution in [2.24, 2.45) is 5.41 Å². The van der Waals surface area contributed by atoms with Gasteiger partial charge in [-0.2, -0.15) is 0 Å². The number of hydrogen-bond acceptors (Lipinski definition) is 4. The number of aliphatic carboxylic acids is 1. The van der Waals surface area contributed by atoms with Gasteiger partial charge in [-0.1, -0.05) is 12.1 Å². The predicted octanol–water partition coefficient (Wildman–Crippen LogP) is 0.667. The lowest BCUT2D eigenvalue weighted by atomic mass is 10.0. The number of hydrogen-bond donors (Lipinski definition) is 4. The number of amides is 1. The summed E-state index contributed by atoms with van der Waals surface area (Å²) in [4.78, 5) is 22.9. The van der Waals surface area contributed by atoms with Crippen molar-refractivity contribution >= 4 is 11.9 Å². The number of carboxylic acid groups (broad SMARTS) is 1. The maximum absolute atomic E-state index is 11.9. The molecule has 0 bridgehead atoms. The second-order valence-corrected chi connectivity index (χ2v) is 5.58. The molecule has 0 heterocycles. The second-order valence-electron chi connectivity index (χ2n) is 5.58. The van der Waals surface area contributed by atoms with E-state index in [0.717, 1.165) is 5.56 Å². The monoisotopic (exact) mass is 293 g/mol. The summed E-state index contributed by atoms with van der Waals surface area (Å²) in [6, 6.07) is 6.03. The quantitative estimate of drug-likeness (QED) is 0.591. The van der Waals surface area contributed by atoms with Gasteiger partial charge >= 0.3 is 5.97 Å². The molecule has 4 N–H and O–H groups in total. The highest BCUT2D eigenvalue weighted by Gasteiger charge is 2.51. The molecule has 0 aromatic heterocycles. The number of carboxylic acids is 1. The highest BCUT2D eigenvalue weighted by Crippen LogP contribution is 2.48. The average molecular weight is 293 g/mol. The Balaban J connectivity index is 1.88. The molecule has 1 aromatic carbocycles. The molecule has 1 aliphatic rings. The molecule has 1 atom stereocenters. The van der Waals surface area contributed by atoms with Crippen LogP contribution in [0, 0.1) is 5.41 Å². The minimum Gasteiger partial charge on any atom is -0.508 e. The molecule has 6 nitrogen and oxygen atoms in total. The van der Waals surface area contributed by atoms with Crippen LogP contribution in [0.15, 0.2) is 24.3 Å². The molecular formula is C15H19NO5. The maximum atomic E-state index is 11.9. The van der Waals surface area contributed by atoms with Crippen molar-refractivity contribution in [1.82, 2.24) is 5.32 Å². The maximum Gasteiger partial charge on any atom is 0.310 e. The SMILES string of the molecule is O=C(CC1(C(=O)O)CC1)N[C@H](CO)Cc1ccc(O)cc1. The summed E-state index contributed by atoms with van der Waals surface area (Å²) in [5.74, 6) is -1.13. The zero-order valence-corrected chi connectivity index (χ0v) is 11.6. The molecule has 114 valence electrons. The van der Waals surface area contributed by atoms with Gasteiger partial charge in [-0.05, 0) is 37.0 Å². The Kier molecular flexibility index (Phi) is 4.47. The predicted molar refractivity (Wildman–Crippen MR) is 74.7 cm³/mol. The lowest BCUT2D eigenvalue weighted by Crippen LogP contribution is -2.40. The van der Waals surface area contributed by atoms with Crippen molar-refractivity contribution in [3.8, 4) is 5.75 Å². The fraction of sp³-hybridized carbons (Fsp3) is 0.467. The lowest BCUT2D eigenvalue weighted by molar-refractivity contribution is -0.145. The standard InChI is InChI=1S/C15H19NO5/c17-9-11(7-10-1-3-12(18)4-2-10)16-13(19)8-15(5-6-15)14(20)21/h1-4,11,17-18H,5-9H2,(H,16,19)(H,20,21)/t11-/m0/s1. The van der Waals surface area contributed by atoms with E-state index in [1.54, 1.807) is 12.1 Å². The van der Waals surface area contributed by atoms with Crippen LogP contribution in [0.3, 0.4) is 0 Å². The zero-order valence-electron chi connectivity index (χ0n) is 11.6. The molecule has 21 heavy (non-hydrogen) atoms. The number of phenolic OH excluding ortho intramolecular Hbond substituents is 1. The third-order valence-electron chi connectivity index (χ3n) is 3.81. The molecule has 1 saturated carbocycles. The number of rotatable bonds is 7. The van der Waals surface area contributed by atoms with Crippen molar-refractivity contribution < 1.29 is 24.9 Å². The van der Waals surface area contributed by atoms with Gasteiger partial charge in [0, 0.05) is 6.42 Å². The van der Waals surface area contributed by atoms with Crippen LogP contribution in [0.5, 0.6) is 5.75 Å². The van der Waals surface area contributed by atoms with Crippen molar-refractivity contribution in [2.75, 3.05) is 6.61 Å². The van der Waals surface area contributed by atoms with Crippen LogP contribution in [0.25, 0.3) is 0 Å². The van der Waals surface area contributed by atoms with Gasteiger partial charge in [-0.25, -0.2) is 0 Å². The van der Waals surface area contributed by atoms with Crippen LogP contribution in [-0.2, 0) is 16.0 Å². The van der Waals surface area contributed by atoms with Gasteiger partial charge in [-0.15, -0.1) is 0 Å². The van der Waals surface area contributed by atoms with E-state index in [1.807, 2.05) is 0 Å². The fourth-order valence-electron chi connectivity index (χ4n) is 2.28. The van der Waals surface area contributed by atoms with Crippen LogP contribution in [0.1, 0.15) is 24.8 Å². The summed E-state index contributed by atoms with van der Waals surface area (Å²) < 4.78 is 0. The highest BCUT2D eigenvalue weighted by atomic mass is 16.4. The van der Waals surface area contributed by atoms with Crippen molar-refractivity contribution in [3.05, 3.63) is 29.8 Å². The molecule has 2 rings (SSSR count). The highest BCUT2D eigenvalue weighted by molar-refractivity contribution is 5.87. The first-order valence-electron chi connectivity index (χ1n) is 6.87. The van der Waals surface area contributed by atoms with Crippen molar-refractivity contribution in [1.29, 1.82) is 0 Å². The van der Waals surface area contributed by atoms with Crippen molar-refractivity contribution in [3.63, 3.8) is 0 Å². The van der Waals surface area contributed by atoms with Gasteiger partial charge < -0.3 is 20.6 Å². The van der Waals surface area contributed by atoms with Crippen molar-refractivity contribution in [2.45, 2.75) is 31.7 Å². The largest absolute Gasteiger partial charge is 0.508 e. The molecule has 6 heteroatoms. The van der Waals surface area contributed by atoms with E-state index in [9.17, 15) is 19.8 Å². The summed E-state index contributed by atoms with van der Waals surface area (Å²) in [6.45, 7) is -0.229. The van der Waals surface area contributed by atoms with E-state index in [2.05, 4.69) is 5.32 Å². The minimum absolute atomic E-state index is 0.0472. The Morgan fingerprint density at radius 2 is 1.86 bits per heavy atom. The molecule has 0 spiro atoms.